The van der Waals surface area contributed by atoms with E-state index in [9.17, 15) is 4.79 Å². The fourth-order valence-corrected chi connectivity index (χ4v) is 2.77. The van der Waals surface area contributed by atoms with E-state index in [1.807, 2.05) is 12.1 Å². The first-order valence-electron chi connectivity index (χ1n) is 8.04. The maximum Gasteiger partial charge on any atom is 0.283 e. The number of hydrogen-bond donors (Lipinski definition) is 1. The van der Waals surface area contributed by atoms with E-state index in [-0.39, 0.29) is 11.1 Å². The molecule has 0 radical (unpaired) electrons. The number of likely N-dealkylation sites (N-methyl/N-ethyl adjacent to an activating group) is 1. The highest BCUT2D eigenvalue weighted by atomic mass is 35.5. The van der Waals surface area contributed by atoms with Crippen molar-refractivity contribution in [3.05, 3.63) is 46.0 Å². The SMILES string of the molecule is CC[NH+](CC)CCn1cnc2c(nnn2-c2ccc(Cl)cc2)c1=O. The number of benzene rings is 1. The van der Waals surface area contributed by atoms with Crippen LogP contribution in [0.25, 0.3) is 16.9 Å². The molecule has 3 aromatic rings. The van der Waals surface area contributed by atoms with Gasteiger partial charge in [-0.3, -0.25) is 9.36 Å². The second-order valence-electron chi connectivity index (χ2n) is 5.60. The van der Waals surface area contributed by atoms with Crippen LogP contribution in [0.5, 0.6) is 0 Å². The Hall–Kier alpha value is -2.25. The van der Waals surface area contributed by atoms with E-state index < -0.39 is 0 Å². The lowest BCUT2D eigenvalue weighted by Crippen LogP contribution is -3.11. The van der Waals surface area contributed by atoms with Crippen LogP contribution in [0.1, 0.15) is 13.8 Å². The summed E-state index contributed by atoms with van der Waals surface area (Å²) in [5, 5.41) is 8.73. The molecule has 0 amide bonds. The molecule has 0 spiro atoms. The minimum Gasteiger partial charge on any atom is -0.334 e. The molecule has 7 nitrogen and oxygen atoms in total. The number of quaternary nitrogens is 1. The van der Waals surface area contributed by atoms with Gasteiger partial charge in [0.15, 0.2) is 11.2 Å². The van der Waals surface area contributed by atoms with Crippen LogP contribution in [0.2, 0.25) is 5.02 Å². The van der Waals surface area contributed by atoms with Crippen molar-refractivity contribution in [1.29, 1.82) is 0 Å². The lowest BCUT2D eigenvalue weighted by molar-refractivity contribution is -0.897. The number of rotatable bonds is 6. The van der Waals surface area contributed by atoms with Gasteiger partial charge in [0, 0.05) is 5.02 Å². The number of halogens is 1. The van der Waals surface area contributed by atoms with Crippen LogP contribution in [-0.2, 0) is 6.54 Å². The van der Waals surface area contributed by atoms with Crippen LogP contribution < -0.4 is 10.5 Å². The number of nitrogens with one attached hydrogen (secondary N) is 1. The summed E-state index contributed by atoms with van der Waals surface area (Å²) in [7, 11) is 0. The van der Waals surface area contributed by atoms with Crippen LogP contribution >= 0.6 is 11.6 Å². The Morgan fingerprint density at radius 2 is 1.88 bits per heavy atom. The zero-order valence-electron chi connectivity index (χ0n) is 13.7. The summed E-state index contributed by atoms with van der Waals surface area (Å²) in [4.78, 5) is 18.4. The molecular formula is C16H20ClN6O+. The molecule has 0 aliphatic rings. The Balaban J connectivity index is 1.93. The van der Waals surface area contributed by atoms with E-state index in [1.165, 1.54) is 4.90 Å². The van der Waals surface area contributed by atoms with Crippen molar-refractivity contribution < 1.29 is 4.90 Å². The van der Waals surface area contributed by atoms with Crippen molar-refractivity contribution >= 4 is 22.8 Å². The van der Waals surface area contributed by atoms with Gasteiger partial charge in [-0.05, 0) is 38.1 Å². The quantitative estimate of drug-likeness (QED) is 0.707. The van der Waals surface area contributed by atoms with E-state index in [0.29, 0.717) is 17.2 Å². The van der Waals surface area contributed by atoms with Crippen molar-refractivity contribution in [1.82, 2.24) is 24.5 Å². The molecule has 3 rings (SSSR count). The van der Waals surface area contributed by atoms with Crippen LogP contribution in [-0.4, -0.2) is 44.2 Å². The predicted molar refractivity (Wildman–Crippen MR) is 92.8 cm³/mol. The van der Waals surface area contributed by atoms with Crippen LogP contribution in [0.4, 0.5) is 0 Å². The molecule has 8 heteroatoms. The minimum absolute atomic E-state index is 0.160. The molecule has 0 aliphatic carbocycles. The average Bonchev–Trinajstić information content (AvgIpc) is 3.03. The van der Waals surface area contributed by atoms with Gasteiger partial charge in [0.2, 0.25) is 0 Å². The number of aromatic nitrogens is 5. The van der Waals surface area contributed by atoms with E-state index in [1.54, 1.807) is 27.7 Å². The minimum atomic E-state index is -0.160. The van der Waals surface area contributed by atoms with Gasteiger partial charge < -0.3 is 4.90 Å². The Morgan fingerprint density at radius 1 is 1.17 bits per heavy atom. The van der Waals surface area contributed by atoms with Crippen LogP contribution in [0.15, 0.2) is 35.4 Å². The third-order valence-electron chi connectivity index (χ3n) is 4.21. The molecule has 24 heavy (non-hydrogen) atoms. The van der Waals surface area contributed by atoms with Crippen molar-refractivity contribution in [3.8, 4) is 5.69 Å². The summed E-state index contributed by atoms with van der Waals surface area (Å²) in [6.45, 7) is 7.85. The van der Waals surface area contributed by atoms with Crippen LogP contribution in [0, 0.1) is 0 Å². The van der Waals surface area contributed by atoms with Gasteiger partial charge in [-0.25, -0.2) is 4.98 Å². The molecular weight excluding hydrogens is 328 g/mol. The number of hydrogen-bond acceptors (Lipinski definition) is 4. The smallest absolute Gasteiger partial charge is 0.283 e. The zero-order chi connectivity index (χ0) is 17.1. The van der Waals surface area contributed by atoms with E-state index in [2.05, 4.69) is 29.1 Å². The fraction of sp³-hybridized carbons (Fsp3) is 0.375. The summed E-state index contributed by atoms with van der Waals surface area (Å²) in [6, 6.07) is 7.15. The van der Waals surface area contributed by atoms with Gasteiger partial charge in [0.25, 0.3) is 5.56 Å². The molecule has 0 saturated carbocycles. The van der Waals surface area contributed by atoms with E-state index in [4.69, 9.17) is 11.6 Å². The monoisotopic (exact) mass is 347 g/mol. The second kappa shape index (κ2) is 7.11. The summed E-state index contributed by atoms with van der Waals surface area (Å²) >= 11 is 5.91. The zero-order valence-corrected chi connectivity index (χ0v) is 14.5. The van der Waals surface area contributed by atoms with Gasteiger partial charge >= 0.3 is 0 Å². The molecule has 2 aromatic heterocycles. The molecule has 0 bridgehead atoms. The van der Waals surface area contributed by atoms with Crippen molar-refractivity contribution in [2.24, 2.45) is 0 Å². The second-order valence-corrected chi connectivity index (χ2v) is 6.04. The molecule has 0 unspecified atom stereocenters. The highest BCUT2D eigenvalue weighted by Gasteiger charge is 2.14. The maximum absolute atomic E-state index is 12.6. The first-order chi connectivity index (χ1) is 11.6. The van der Waals surface area contributed by atoms with Crippen LogP contribution in [0.3, 0.4) is 0 Å². The lowest BCUT2D eigenvalue weighted by Gasteiger charge is -2.15. The van der Waals surface area contributed by atoms with Crippen molar-refractivity contribution in [3.63, 3.8) is 0 Å². The van der Waals surface area contributed by atoms with Crippen molar-refractivity contribution in [2.45, 2.75) is 20.4 Å². The molecule has 0 aliphatic heterocycles. The lowest BCUT2D eigenvalue weighted by atomic mass is 10.3. The third-order valence-corrected chi connectivity index (χ3v) is 4.46. The normalized spacial score (nSPS) is 11.5. The van der Waals surface area contributed by atoms with Gasteiger partial charge in [-0.2, -0.15) is 4.68 Å². The molecule has 0 fully saturated rings. The summed E-state index contributed by atoms with van der Waals surface area (Å²) < 4.78 is 3.15. The first kappa shape index (κ1) is 16.6. The highest BCUT2D eigenvalue weighted by Crippen LogP contribution is 2.15. The first-order valence-corrected chi connectivity index (χ1v) is 8.42. The van der Waals surface area contributed by atoms with Gasteiger partial charge in [0.05, 0.1) is 31.9 Å². The summed E-state index contributed by atoms with van der Waals surface area (Å²) in [5.74, 6) is 0. The molecule has 1 N–H and O–H groups in total. The van der Waals surface area contributed by atoms with Gasteiger partial charge in [-0.15, -0.1) is 5.10 Å². The van der Waals surface area contributed by atoms with Gasteiger partial charge in [-0.1, -0.05) is 16.8 Å². The average molecular weight is 348 g/mol. The Kier molecular flexibility index (Phi) is 4.92. The molecule has 126 valence electrons. The van der Waals surface area contributed by atoms with E-state index >= 15 is 0 Å². The maximum atomic E-state index is 12.6. The molecule has 0 atom stereocenters. The molecule has 2 heterocycles. The number of fused-ring (bicyclic) bond motifs is 1. The third kappa shape index (κ3) is 3.18. The Labute approximate surface area is 144 Å². The topological polar surface area (TPSA) is 70.0 Å². The summed E-state index contributed by atoms with van der Waals surface area (Å²) in [5.41, 5.74) is 1.33. The predicted octanol–water partition coefficient (Wildman–Crippen LogP) is 0.555. The van der Waals surface area contributed by atoms with Crippen molar-refractivity contribution in [2.75, 3.05) is 19.6 Å². The standard InChI is InChI=1S/C16H19ClN6O/c1-3-21(4-2)9-10-22-11-18-15-14(16(22)24)19-20-23(15)13-7-5-12(17)6-8-13/h5-8,11H,3-4,9-10H2,1-2H3/p+1. The Bertz CT molecular complexity index is 882. The fourth-order valence-electron chi connectivity index (χ4n) is 2.64. The highest BCUT2D eigenvalue weighted by molar-refractivity contribution is 6.30. The van der Waals surface area contributed by atoms with E-state index in [0.717, 1.165) is 25.3 Å². The Morgan fingerprint density at radius 3 is 2.54 bits per heavy atom. The molecule has 1 aromatic carbocycles. The molecule has 0 saturated heterocycles. The van der Waals surface area contributed by atoms with Gasteiger partial charge in [0.1, 0.15) is 6.33 Å². The largest absolute Gasteiger partial charge is 0.334 e. The summed E-state index contributed by atoms with van der Waals surface area (Å²) in [6.07, 6.45) is 1.57. The number of nitrogens with zero attached hydrogens (tertiary/aromatic N) is 5.